The van der Waals surface area contributed by atoms with Gasteiger partial charge in [-0.05, 0) is 29.5 Å². The predicted octanol–water partition coefficient (Wildman–Crippen LogP) is 2.83. The Morgan fingerprint density at radius 3 is 2.46 bits per heavy atom. The third-order valence-corrected chi connectivity index (χ3v) is 1.63. The van der Waals surface area contributed by atoms with E-state index in [4.69, 9.17) is 16.4 Å². The fourth-order valence-electron chi connectivity index (χ4n) is 0.659. The SMILES string of the molecule is CON(C)N=Nc1ccc(Cl)cc1. The molecule has 0 atom stereocenters. The highest BCUT2D eigenvalue weighted by atomic mass is 35.5. The maximum Gasteiger partial charge on any atom is 0.0876 e. The molecular weight excluding hydrogens is 190 g/mol. The first-order valence-electron chi connectivity index (χ1n) is 3.67. The van der Waals surface area contributed by atoms with Crippen LogP contribution < -0.4 is 0 Å². The van der Waals surface area contributed by atoms with Crippen LogP contribution in [-0.2, 0) is 4.84 Å². The van der Waals surface area contributed by atoms with Crippen LogP contribution in [0.4, 0.5) is 5.69 Å². The lowest BCUT2D eigenvalue weighted by Gasteiger charge is -2.04. The molecule has 0 amide bonds. The van der Waals surface area contributed by atoms with Gasteiger partial charge < -0.3 is 0 Å². The largest absolute Gasteiger partial charge is 0.259 e. The van der Waals surface area contributed by atoms with E-state index in [0.717, 1.165) is 5.69 Å². The van der Waals surface area contributed by atoms with E-state index in [9.17, 15) is 0 Å². The molecule has 5 heteroatoms. The van der Waals surface area contributed by atoms with Crippen LogP contribution in [0.15, 0.2) is 34.6 Å². The van der Waals surface area contributed by atoms with E-state index >= 15 is 0 Å². The molecule has 0 N–H and O–H groups in total. The zero-order valence-electron chi connectivity index (χ0n) is 7.44. The smallest absolute Gasteiger partial charge is 0.0876 e. The average molecular weight is 200 g/mol. The minimum atomic E-state index is 0.680. The summed E-state index contributed by atoms with van der Waals surface area (Å²) in [5.74, 6) is 0. The molecule has 1 aromatic carbocycles. The van der Waals surface area contributed by atoms with Crippen molar-refractivity contribution in [2.75, 3.05) is 14.2 Å². The molecule has 0 bridgehead atoms. The Morgan fingerprint density at radius 2 is 1.92 bits per heavy atom. The van der Waals surface area contributed by atoms with E-state index in [1.54, 1.807) is 31.3 Å². The number of halogens is 1. The van der Waals surface area contributed by atoms with Crippen molar-refractivity contribution in [2.45, 2.75) is 0 Å². The molecule has 1 rings (SSSR count). The molecule has 0 aromatic heterocycles. The van der Waals surface area contributed by atoms with Crippen molar-refractivity contribution in [3.63, 3.8) is 0 Å². The third kappa shape index (κ3) is 3.40. The maximum atomic E-state index is 5.69. The highest BCUT2D eigenvalue weighted by Crippen LogP contribution is 2.16. The normalized spacial score (nSPS) is 10.7. The topological polar surface area (TPSA) is 37.2 Å². The first-order chi connectivity index (χ1) is 6.22. The average Bonchev–Trinajstić information content (AvgIpc) is 2.16. The summed E-state index contributed by atoms with van der Waals surface area (Å²) in [6, 6.07) is 7.05. The van der Waals surface area contributed by atoms with Crippen molar-refractivity contribution in [1.29, 1.82) is 0 Å². The molecule has 0 saturated carbocycles. The summed E-state index contributed by atoms with van der Waals surface area (Å²) in [7, 11) is 3.17. The Bertz CT molecular complexity index is 286. The minimum Gasteiger partial charge on any atom is -0.259 e. The lowest BCUT2D eigenvalue weighted by molar-refractivity contribution is -0.114. The van der Waals surface area contributed by atoms with Crippen molar-refractivity contribution < 1.29 is 4.84 Å². The molecule has 13 heavy (non-hydrogen) atoms. The molecule has 0 radical (unpaired) electrons. The molecule has 0 saturated heterocycles. The highest BCUT2D eigenvalue weighted by Gasteiger charge is 1.90. The van der Waals surface area contributed by atoms with Crippen molar-refractivity contribution in [1.82, 2.24) is 5.17 Å². The van der Waals surface area contributed by atoms with E-state index < -0.39 is 0 Å². The van der Waals surface area contributed by atoms with Gasteiger partial charge in [0.25, 0.3) is 0 Å². The van der Waals surface area contributed by atoms with Gasteiger partial charge in [-0.2, -0.15) is 5.17 Å². The molecule has 4 nitrogen and oxygen atoms in total. The fraction of sp³-hybridized carbons (Fsp3) is 0.250. The van der Waals surface area contributed by atoms with Crippen molar-refractivity contribution in [3.05, 3.63) is 29.3 Å². The van der Waals surface area contributed by atoms with Crippen LogP contribution in [0.2, 0.25) is 5.02 Å². The van der Waals surface area contributed by atoms with Crippen LogP contribution in [0, 0.1) is 0 Å². The Labute approximate surface area is 81.7 Å². The first-order valence-corrected chi connectivity index (χ1v) is 4.05. The molecule has 0 spiro atoms. The molecule has 0 aliphatic carbocycles. The standard InChI is InChI=1S/C8H10ClN3O/c1-12(13-2)11-10-8-5-3-7(9)4-6-8/h3-6H,1-2H3. The van der Waals surface area contributed by atoms with Crippen LogP contribution in [0.1, 0.15) is 0 Å². The van der Waals surface area contributed by atoms with Gasteiger partial charge in [0, 0.05) is 5.02 Å². The molecule has 0 heterocycles. The van der Waals surface area contributed by atoms with Crippen molar-refractivity contribution in [2.24, 2.45) is 10.3 Å². The molecule has 0 unspecified atom stereocenters. The Balaban J connectivity index is 2.64. The minimum absolute atomic E-state index is 0.680. The van der Waals surface area contributed by atoms with Crippen LogP contribution in [0.5, 0.6) is 0 Å². The van der Waals surface area contributed by atoms with Gasteiger partial charge in [-0.1, -0.05) is 11.6 Å². The number of benzene rings is 1. The van der Waals surface area contributed by atoms with Gasteiger partial charge in [0.05, 0.1) is 19.8 Å². The number of hydrogen-bond acceptors (Lipinski definition) is 3. The second kappa shape index (κ2) is 4.79. The van der Waals surface area contributed by atoms with Gasteiger partial charge in [-0.15, -0.1) is 5.11 Å². The van der Waals surface area contributed by atoms with Gasteiger partial charge in [-0.3, -0.25) is 4.84 Å². The number of hydrogen-bond donors (Lipinski definition) is 0. The molecule has 0 aliphatic heterocycles. The zero-order valence-corrected chi connectivity index (χ0v) is 8.19. The highest BCUT2D eigenvalue weighted by molar-refractivity contribution is 6.30. The van der Waals surface area contributed by atoms with Gasteiger partial charge in [0.2, 0.25) is 0 Å². The lowest BCUT2D eigenvalue weighted by atomic mass is 10.3. The monoisotopic (exact) mass is 199 g/mol. The second-order valence-electron chi connectivity index (χ2n) is 2.31. The number of nitrogens with zero attached hydrogens (tertiary/aromatic N) is 3. The fourth-order valence-corrected chi connectivity index (χ4v) is 0.785. The molecule has 70 valence electrons. The van der Waals surface area contributed by atoms with E-state index in [1.807, 2.05) is 0 Å². The predicted molar refractivity (Wildman–Crippen MR) is 50.7 cm³/mol. The van der Waals surface area contributed by atoms with Crippen LogP contribution in [-0.4, -0.2) is 19.3 Å². The number of rotatable bonds is 3. The van der Waals surface area contributed by atoms with E-state index in [2.05, 4.69) is 10.3 Å². The summed E-state index contributed by atoms with van der Waals surface area (Å²) in [5.41, 5.74) is 0.730. The summed E-state index contributed by atoms with van der Waals surface area (Å²) in [5, 5.41) is 9.56. The van der Waals surface area contributed by atoms with Gasteiger partial charge in [0.15, 0.2) is 0 Å². The van der Waals surface area contributed by atoms with Crippen LogP contribution in [0.25, 0.3) is 0 Å². The van der Waals surface area contributed by atoms with E-state index in [0.29, 0.717) is 5.02 Å². The second-order valence-corrected chi connectivity index (χ2v) is 2.75. The van der Waals surface area contributed by atoms with Crippen molar-refractivity contribution in [3.8, 4) is 0 Å². The Kier molecular flexibility index (Phi) is 3.67. The lowest BCUT2D eigenvalue weighted by Crippen LogP contribution is -2.06. The van der Waals surface area contributed by atoms with E-state index in [-0.39, 0.29) is 0 Å². The van der Waals surface area contributed by atoms with E-state index in [1.165, 1.54) is 12.3 Å². The Hall–Kier alpha value is -1.13. The summed E-state index contributed by atoms with van der Waals surface area (Å²) in [6.45, 7) is 0. The maximum absolute atomic E-state index is 5.69. The summed E-state index contributed by atoms with van der Waals surface area (Å²) >= 11 is 5.69. The molecule has 1 aromatic rings. The van der Waals surface area contributed by atoms with Crippen LogP contribution in [0.3, 0.4) is 0 Å². The quantitative estimate of drug-likeness (QED) is 0.555. The first kappa shape index (κ1) is 9.95. The summed E-state index contributed by atoms with van der Waals surface area (Å²) in [6.07, 6.45) is 0. The van der Waals surface area contributed by atoms with Gasteiger partial charge in [-0.25, -0.2) is 0 Å². The zero-order chi connectivity index (χ0) is 9.68. The Morgan fingerprint density at radius 1 is 1.31 bits per heavy atom. The van der Waals surface area contributed by atoms with Crippen LogP contribution >= 0.6 is 11.6 Å². The number of hydroxylamine groups is 1. The summed E-state index contributed by atoms with van der Waals surface area (Å²) < 4.78 is 0. The molecule has 0 fully saturated rings. The van der Waals surface area contributed by atoms with Gasteiger partial charge in [0.1, 0.15) is 0 Å². The van der Waals surface area contributed by atoms with Crippen molar-refractivity contribution >= 4 is 17.3 Å². The molecule has 0 aliphatic rings. The summed E-state index contributed by atoms with van der Waals surface area (Å²) in [4.78, 5) is 4.74. The third-order valence-electron chi connectivity index (χ3n) is 1.38. The van der Waals surface area contributed by atoms with Gasteiger partial charge >= 0.3 is 0 Å². The molecular formula is C8H10ClN3O.